The van der Waals surface area contributed by atoms with Gasteiger partial charge < -0.3 is 35.8 Å². The van der Waals surface area contributed by atoms with E-state index in [0.29, 0.717) is 23.5 Å². The van der Waals surface area contributed by atoms with E-state index in [1.165, 1.54) is 13.2 Å². The third kappa shape index (κ3) is 2.63. The zero-order valence-electron chi connectivity index (χ0n) is 17.9. The van der Waals surface area contributed by atoms with Crippen molar-refractivity contribution >= 4 is 23.3 Å². The SMILES string of the molecule is CO[C@@]12[C@H](COC(N)=O)C3=C(C(=O)C(C)=C(Nc4ccc(O)cc4C)C3=O)N1C[C@@H]1N[C@@H]12. The molecular weight excluding hydrogens is 416 g/mol. The van der Waals surface area contributed by atoms with Gasteiger partial charge in [-0.25, -0.2) is 4.79 Å². The molecule has 1 aromatic carbocycles. The fourth-order valence-corrected chi connectivity index (χ4v) is 5.36. The number of carbonyl (C=O) groups is 3. The van der Waals surface area contributed by atoms with Crippen molar-refractivity contribution in [3.8, 4) is 5.75 Å². The number of Topliss-reactive ketones (excluding diaryl/α,β-unsaturated/α-hetero) is 2. The Kier molecular flexibility index (Phi) is 4.37. The molecule has 1 aliphatic carbocycles. The molecule has 4 atom stereocenters. The number of ether oxygens (including phenoxy) is 2. The van der Waals surface area contributed by atoms with Crippen molar-refractivity contribution in [2.75, 3.05) is 25.6 Å². The van der Waals surface area contributed by atoms with Crippen LogP contribution in [0.2, 0.25) is 0 Å². The number of hydrogen-bond donors (Lipinski definition) is 4. The minimum atomic E-state index is -1.01. The van der Waals surface area contributed by atoms with E-state index in [0.717, 1.165) is 0 Å². The van der Waals surface area contributed by atoms with E-state index in [4.69, 9.17) is 15.2 Å². The number of phenols is 1. The minimum Gasteiger partial charge on any atom is -0.508 e. The number of methoxy groups -OCH3 is 1. The van der Waals surface area contributed by atoms with Crippen molar-refractivity contribution in [2.24, 2.45) is 11.7 Å². The standard InChI is InChI=1S/C22H24N4O6/c1-9-6-11(27)4-5-13(9)24-16-10(2)18(28)17-15(19(16)29)12(8-32-21(23)30)22(31-3)20-14(25-20)7-26(17)22/h4-6,12,14,20,24-25,27H,7-8H2,1-3H3,(H2,23,30)/t12-,14+,20+,22-/m1/s1. The Labute approximate surface area is 184 Å². The number of amides is 1. The second kappa shape index (κ2) is 6.81. The number of nitrogens with two attached hydrogens (primary N) is 1. The normalized spacial score (nSPS) is 30.3. The van der Waals surface area contributed by atoms with Crippen molar-refractivity contribution in [3.63, 3.8) is 0 Å². The average Bonchev–Trinajstić information content (AvgIpc) is 3.35. The molecule has 168 valence electrons. The number of phenolic OH excluding ortho intramolecular Hbond substituents is 1. The summed E-state index contributed by atoms with van der Waals surface area (Å²) in [4.78, 5) is 40.5. The summed E-state index contributed by atoms with van der Waals surface area (Å²) in [5.74, 6) is -1.22. The molecule has 0 radical (unpaired) electrons. The summed E-state index contributed by atoms with van der Waals surface area (Å²) in [5.41, 5.74) is 6.50. The van der Waals surface area contributed by atoms with Crippen LogP contribution in [-0.4, -0.2) is 65.7 Å². The summed E-state index contributed by atoms with van der Waals surface area (Å²) >= 11 is 0. The number of rotatable bonds is 5. The molecule has 3 aliphatic heterocycles. The van der Waals surface area contributed by atoms with Crippen LogP contribution in [0, 0.1) is 12.8 Å². The number of ketones is 2. The molecular formula is C22H24N4O6. The predicted molar refractivity (Wildman–Crippen MR) is 112 cm³/mol. The summed E-state index contributed by atoms with van der Waals surface area (Å²) in [5, 5.41) is 16.1. The fourth-order valence-electron chi connectivity index (χ4n) is 5.36. The summed E-state index contributed by atoms with van der Waals surface area (Å²) in [6, 6.07) is 4.73. The molecule has 2 saturated heterocycles. The van der Waals surface area contributed by atoms with Crippen molar-refractivity contribution < 1.29 is 29.0 Å². The number of carbonyl (C=O) groups excluding carboxylic acids is 3. The Hall–Kier alpha value is -3.37. The first-order valence-corrected chi connectivity index (χ1v) is 10.3. The lowest BCUT2D eigenvalue weighted by Crippen LogP contribution is -2.55. The van der Waals surface area contributed by atoms with Gasteiger partial charge in [-0.05, 0) is 37.6 Å². The lowest BCUT2D eigenvalue weighted by atomic mass is 9.82. The maximum Gasteiger partial charge on any atom is 0.404 e. The van der Waals surface area contributed by atoms with E-state index < -0.39 is 17.7 Å². The Morgan fingerprint density at radius 2 is 2.09 bits per heavy atom. The van der Waals surface area contributed by atoms with Crippen LogP contribution in [0.3, 0.4) is 0 Å². The third-order valence-electron chi connectivity index (χ3n) is 6.90. The maximum atomic E-state index is 13.8. The van der Waals surface area contributed by atoms with Crippen molar-refractivity contribution in [2.45, 2.75) is 31.7 Å². The quantitative estimate of drug-likeness (QED) is 0.291. The monoisotopic (exact) mass is 440 g/mol. The van der Waals surface area contributed by atoms with E-state index in [2.05, 4.69) is 10.6 Å². The molecule has 0 bridgehead atoms. The molecule has 1 aromatic rings. The van der Waals surface area contributed by atoms with E-state index in [1.54, 1.807) is 26.0 Å². The Morgan fingerprint density at radius 1 is 1.34 bits per heavy atom. The van der Waals surface area contributed by atoms with Gasteiger partial charge in [0.05, 0.1) is 23.4 Å². The van der Waals surface area contributed by atoms with Crippen molar-refractivity contribution in [3.05, 3.63) is 46.3 Å². The van der Waals surface area contributed by atoms with E-state index in [1.807, 2.05) is 4.90 Å². The number of anilines is 1. The number of primary amides is 1. The Bertz CT molecular complexity index is 1140. The van der Waals surface area contributed by atoms with Crippen LogP contribution in [0.25, 0.3) is 0 Å². The maximum absolute atomic E-state index is 13.8. The van der Waals surface area contributed by atoms with Crippen molar-refractivity contribution in [1.29, 1.82) is 0 Å². The largest absolute Gasteiger partial charge is 0.508 e. The van der Waals surface area contributed by atoms with Crippen LogP contribution in [0.4, 0.5) is 10.5 Å². The van der Waals surface area contributed by atoms with Gasteiger partial charge in [0.15, 0.2) is 5.72 Å². The predicted octanol–water partition coefficient (Wildman–Crippen LogP) is 0.516. The topological polar surface area (TPSA) is 153 Å². The van der Waals surface area contributed by atoms with Gasteiger partial charge in [-0.2, -0.15) is 0 Å². The highest BCUT2D eigenvalue weighted by Gasteiger charge is 2.72. The van der Waals surface area contributed by atoms with Gasteiger partial charge >= 0.3 is 6.09 Å². The van der Waals surface area contributed by atoms with E-state index in [-0.39, 0.29) is 52.8 Å². The van der Waals surface area contributed by atoms with Gasteiger partial charge in [0, 0.05) is 36.5 Å². The van der Waals surface area contributed by atoms with Gasteiger partial charge in [-0.1, -0.05) is 0 Å². The smallest absolute Gasteiger partial charge is 0.404 e. The Morgan fingerprint density at radius 3 is 2.75 bits per heavy atom. The zero-order chi connectivity index (χ0) is 22.9. The number of aromatic hydroxyl groups is 1. The van der Waals surface area contributed by atoms with Gasteiger partial charge in [0.2, 0.25) is 11.6 Å². The van der Waals surface area contributed by atoms with E-state index >= 15 is 0 Å². The lowest BCUT2D eigenvalue weighted by molar-refractivity contribution is -0.137. The third-order valence-corrected chi connectivity index (χ3v) is 6.90. The summed E-state index contributed by atoms with van der Waals surface area (Å²) in [6.07, 6.45) is -0.963. The number of piperazine rings is 1. The molecule has 4 aliphatic rings. The van der Waals surface area contributed by atoms with Gasteiger partial charge in [-0.3, -0.25) is 9.59 Å². The van der Waals surface area contributed by atoms with Gasteiger partial charge in [0.1, 0.15) is 12.4 Å². The highest BCUT2D eigenvalue weighted by atomic mass is 16.6. The molecule has 10 nitrogen and oxygen atoms in total. The van der Waals surface area contributed by atoms with Crippen LogP contribution in [-0.2, 0) is 19.1 Å². The van der Waals surface area contributed by atoms with Gasteiger partial charge in [0.25, 0.3) is 0 Å². The highest BCUT2D eigenvalue weighted by Crippen LogP contribution is 2.55. The second-order valence-electron chi connectivity index (χ2n) is 8.54. The number of nitrogens with zero attached hydrogens (tertiary/aromatic N) is 1. The van der Waals surface area contributed by atoms with Crippen LogP contribution < -0.4 is 16.4 Å². The molecule has 10 heteroatoms. The molecule has 2 fully saturated rings. The molecule has 0 aromatic heterocycles. The molecule has 1 amide bonds. The number of allylic oxidation sites excluding steroid dienone is 2. The van der Waals surface area contributed by atoms with Crippen LogP contribution in [0.5, 0.6) is 5.75 Å². The van der Waals surface area contributed by atoms with Crippen LogP contribution in [0.15, 0.2) is 40.7 Å². The number of nitrogens with one attached hydrogen (secondary N) is 2. The Balaban J connectivity index is 1.57. The number of aryl methyl sites for hydroxylation is 1. The number of benzene rings is 1. The molecule has 5 rings (SSSR count). The number of hydrogen-bond acceptors (Lipinski definition) is 9. The fraction of sp³-hybridized carbons (Fsp3) is 0.409. The molecule has 0 spiro atoms. The first kappa shape index (κ1) is 20.5. The molecule has 32 heavy (non-hydrogen) atoms. The number of fused-ring (bicyclic) bond motifs is 4. The minimum absolute atomic E-state index is 0.100. The highest BCUT2D eigenvalue weighted by molar-refractivity contribution is 6.26. The van der Waals surface area contributed by atoms with Crippen molar-refractivity contribution in [1.82, 2.24) is 10.2 Å². The molecule has 0 saturated carbocycles. The molecule has 5 N–H and O–H groups in total. The lowest BCUT2D eigenvalue weighted by Gasteiger charge is -2.39. The first-order valence-electron chi connectivity index (χ1n) is 10.3. The zero-order valence-corrected chi connectivity index (χ0v) is 17.9. The second-order valence-corrected chi connectivity index (χ2v) is 8.54. The van der Waals surface area contributed by atoms with E-state index in [9.17, 15) is 19.5 Å². The average molecular weight is 440 g/mol. The summed E-state index contributed by atoms with van der Waals surface area (Å²) < 4.78 is 11.1. The van der Waals surface area contributed by atoms with Crippen LogP contribution in [0.1, 0.15) is 12.5 Å². The summed E-state index contributed by atoms with van der Waals surface area (Å²) in [6.45, 7) is 3.72. The first-order chi connectivity index (χ1) is 15.2. The van der Waals surface area contributed by atoms with Gasteiger partial charge in [-0.15, -0.1) is 0 Å². The van der Waals surface area contributed by atoms with Crippen LogP contribution >= 0.6 is 0 Å². The molecule has 3 heterocycles. The molecule has 0 unspecified atom stereocenters. The summed E-state index contributed by atoms with van der Waals surface area (Å²) in [7, 11) is 1.53.